The Morgan fingerprint density at radius 3 is 2.75 bits per heavy atom. The van der Waals surface area contributed by atoms with E-state index in [1.807, 2.05) is 0 Å². The molecule has 0 spiro atoms. The van der Waals surface area contributed by atoms with Crippen molar-refractivity contribution in [3.8, 4) is 0 Å². The van der Waals surface area contributed by atoms with Crippen LogP contribution < -0.4 is 10.6 Å². The molecular formula is C11H14FN3O. The quantitative estimate of drug-likeness (QED) is 0.808. The second-order valence-corrected chi connectivity index (χ2v) is 3.94. The standard InChI is InChI=1S/C11H14FN3O/c12-8-5-6-10(13-7-8)15-11(16)14-9-3-1-2-4-9/h5-7,9H,1-4H2,(H2,13,14,15,16). The number of amides is 2. The number of carbonyl (C=O) groups excluding carboxylic acids is 1. The molecule has 1 aromatic heterocycles. The Balaban J connectivity index is 1.84. The Bertz CT molecular complexity index is 360. The van der Waals surface area contributed by atoms with Gasteiger partial charge in [0.05, 0.1) is 6.20 Å². The van der Waals surface area contributed by atoms with E-state index in [9.17, 15) is 9.18 Å². The molecule has 1 aliphatic rings. The van der Waals surface area contributed by atoms with Gasteiger partial charge in [0.15, 0.2) is 0 Å². The first-order valence-corrected chi connectivity index (χ1v) is 5.43. The molecule has 1 heterocycles. The molecule has 0 unspecified atom stereocenters. The Labute approximate surface area is 93.3 Å². The number of hydrogen-bond donors (Lipinski definition) is 2. The number of anilines is 1. The van der Waals surface area contributed by atoms with Crippen LogP contribution >= 0.6 is 0 Å². The fourth-order valence-corrected chi connectivity index (χ4v) is 1.86. The van der Waals surface area contributed by atoms with Gasteiger partial charge in [0.1, 0.15) is 11.6 Å². The minimum atomic E-state index is -0.415. The molecule has 1 fully saturated rings. The van der Waals surface area contributed by atoms with E-state index >= 15 is 0 Å². The van der Waals surface area contributed by atoms with Crippen LogP contribution in [0.15, 0.2) is 18.3 Å². The second-order valence-electron chi connectivity index (χ2n) is 3.94. The van der Waals surface area contributed by atoms with Gasteiger partial charge in [0, 0.05) is 6.04 Å². The van der Waals surface area contributed by atoms with Gasteiger partial charge in [0.2, 0.25) is 0 Å². The van der Waals surface area contributed by atoms with Gasteiger partial charge in [-0.05, 0) is 25.0 Å². The smallest absolute Gasteiger partial charge is 0.320 e. The van der Waals surface area contributed by atoms with Gasteiger partial charge in [0.25, 0.3) is 0 Å². The van der Waals surface area contributed by atoms with Crippen LogP contribution in [0, 0.1) is 5.82 Å². The van der Waals surface area contributed by atoms with Crippen LogP contribution in [0.5, 0.6) is 0 Å². The predicted molar refractivity (Wildman–Crippen MR) is 58.6 cm³/mol. The van der Waals surface area contributed by atoms with E-state index in [2.05, 4.69) is 15.6 Å². The lowest BCUT2D eigenvalue weighted by Crippen LogP contribution is -2.36. The van der Waals surface area contributed by atoms with Crippen molar-refractivity contribution < 1.29 is 9.18 Å². The van der Waals surface area contributed by atoms with Crippen LogP contribution in [-0.2, 0) is 0 Å². The fraction of sp³-hybridized carbons (Fsp3) is 0.455. The van der Waals surface area contributed by atoms with E-state index in [1.165, 1.54) is 25.0 Å². The molecule has 0 atom stereocenters. The van der Waals surface area contributed by atoms with Crippen molar-refractivity contribution in [2.75, 3.05) is 5.32 Å². The molecule has 1 saturated carbocycles. The minimum absolute atomic E-state index is 0.264. The summed E-state index contributed by atoms with van der Waals surface area (Å²) in [6, 6.07) is 2.69. The largest absolute Gasteiger partial charge is 0.335 e. The highest BCUT2D eigenvalue weighted by Gasteiger charge is 2.16. The molecule has 0 aliphatic heterocycles. The van der Waals surface area contributed by atoms with Gasteiger partial charge in [-0.15, -0.1) is 0 Å². The molecule has 0 aromatic carbocycles. The lowest BCUT2D eigenvalue weighted by Gasteiger charge is -2.12. The van der Waals surface area contributed by atoms with E-state index in [-0.39, 0.29) is 12.1 Å². The molecule has 5 heteroatoms. The van der Waals surface area contributed by atoms with Gasteiger partial charge >= 0.3 is 6.03 Å². The summed E-state index contributed by atoms with van der Waals surface area (Å²) in [5.41, 5.74) is 0. The summed E-state index contributed by atoms with van der Waals surface area (Å²) in [5, 5.41) is 5.43. The molecule has 0 saturated heterocycles. The molecular weight excluding hydrogens is 209 g/mol. The zero-order valence-electron chi connectivity index (χ0n) is 8.87. The second kappa shape index (κ2) is 4.92. The molecule has 1 aliphatic carbocycles. The number of carbonyl (C=O) groups is 1. The molecule has 0 radical (unpaired) electrons. The highest BCUT2D eigenvalue weighted by molar-refractivity contribution is 5.88. The average molecular weight is 223 g/mol. The van der Waals surface area contributed by atoms with Crippen molar-refractivity contribution >= 4 is 11.8 Å². The maximum Gasteiger partial charge on any atom is 0.320 e. The number of urea groups is 1. The monoisotopic (exact) mass is 223 g/mol. The van der Waals surface area contributed by atoms with Crippen LogP contribution in [0.4, 0.5) is 15.0 Å². The van der Waals surface area contributed by atoms with Crippen molar-refractivity contribution in [3.63, 3.8) is 0 Å². The van der Waals surface area contributed by atoms with E-state index < -0.39 is 5.82 Å². The van der Waals surface area contributed by atoms with Crippen molar-refractivity contribution in [1.82, 2.24) is 10.3 Å². The van der Waals surface area contributed by atoms with Crippen LogP contribution in [0.3, 0.4) is 0 Å². The van der Waals surface area contributed by atoms with Crippen molar-refractivity contribution in [1.29, 1.82) is 0 Å². The van der Waals surface area contributed by atoms with E-state index in [4.69, 9.17) is 0 Å². The predicted octanol–water partition coefficient (Wildman–Crippen LogP) is 2.28. The molecule has 16 heavy (non-hydrogen) atoms. The Morgan fingerprint density at radius 2 is 2.12 bits per heavy atom. The Morgan fingerprint density at radius 1 is 1.38 bits per heavy atom. The third-order valence-electron chi connectivity index (χ3n) is 2.66. The third kappa shape index (κ3) is 2.92. The van der Waals surface area contributed by atoms with Gasteiger partial charge < -0.3 is 5.32 Å². The lowest BCUT2D eigenvalue weighted by molar-refractivity contribution is 0.248. The average Bonchev–Trinajstić information content (AvgIpc) is 2.74. The maximum absolute atomic E-state index is 12.6. The number of halogens is 1. The summed E-state index contributed by atoms with van der Waals surface area (Å²) in [4.78, 5) is 15.2. The van der Waals surface area contributed by atoms with Crippen LogP contribution in [0.2, 0.25) is 0 Å². The summed E-state index contributed by atoms with van der Waals surface area (Å²) in [5.74, 6) is -0.0568. The molecule has 86 valence electrons. The number of hydrogen-bond acceptors (Lipinski definition) is 2. The highest BCUT2D eigenvalue weighted by Crippen LogP contribution is 2.17. The van der Waals surface area contributed by atoms with Crippen molar-refractivity contribution in [2.24, 2.45) is 0 Å². The van der Waals surface area contributed by atoms with Gasteiger partial charge in [-0.1, -0.05) is 12.8 Å². The normalized spacial score (nSPS) is 16.1. The summed E-state index contributed by atoms with van der Waals surface area (Å²) in [6.45, 7) is 0. The van der Waals surface area contributed by atoms with E-state index in [1.54, 1.807) is 0 Å². The fourth-order valence-electron chi connectivity index (χ4n) is 1.86. The SMILES string of the molecule is O=C(Nc1ccc(F)cn1)NC1CCCC1. The number of rotatable bonds is 2. The summed E-state index contributed by atoms with van der Waals surface area (Å²) in [6.07, 6.45) is 5.47. The Kier molecular flexibility index (Phi) is 3.34. The van der Waals surface area contributed by atoms with Crippen LogP contribution in [-0.4, -0.2) is 17.1 Å². The first-order valence-electron chi connectivity index (χ1n) is 5.43. The van der Waals surface area contributed by atoms with Crippen molar-refractivity contribution in [3.05, 3.63) is 24.1 Å². The summed E-state index contributed by atoms with van der Waals surface area (Å²) >= 11 is 0. The number of aromatic nitrogens is 1. The maximum atomic E-state index is 12.6. The number of pyridine rings is 1. The van der Waals surface area contributed by atoms with Gasteiger partial charge in [-0.2, -0.15) is 0 Å². The zero-order chi connectivity index (χ0) is 11.4. The van der Waals surface area contributed by atoms with Crippen LogP contribution in [0.25, 0.3) is 0 Å². The minimum Gasteiger partial charge on any atom is -0.335 e. The third-order valence-corrected chi connectivity index (χ3v) is 2.66. The van der Waals surface area contributed by atoms with E-state index in [0.717, 1.165) is 19.0 Å². The molecule has 4 nitrogen and oxygen atoms in total. The molecule has 2 N–H and O–H groups in total. The highest BCUT2D eigenvalue weighted by atomic mass is 19.1. The van der Waals surface area contributed by atoms with Crippen LogP contribution in [0.1, 0.15) is 25.7 Å². The topological polar surface area (TPSA) is 54.0 Å². The molecule has 1 aromatic rings. The summed E-state index contributed by atoms with van der Waals surface area (Å²) < 4.78 is 12.6. The van der Waals surface area contributed by atoms with Gasteiger partial charge in [-0.25, -0.2) is 14.2 Å². The first kappa shape index (κ1) is 10.9. The summed E-state index contributed by atoms with van der Waals surface area (Å²) in [7, 11) is 0. The first-order chi connectivity index (χ1) is 7.74. The molecule has 0 bridgehead atoms. The zero-order valence-corrected chi connectivity index (χ0v) is 8.87. The van der Waals surface area contributed by atoms with E-state index in [0.29, 0.717) is 5.82 Å². The number of nitrogens with zero attached hydrogens (tertiary/aromatic N) is 1. The number of nitrogens with one attached hydrogen (secondary N) is 2. The van der Waals surface area contributed by atoms with Gasteiger partial charge in [-0.3, -0.25) is 5.32 Å². The molecule has 2 rings (SSSR count). The molecule has 2 amide bonds. The Hall–Kier alpha value is -1.65. The van der Waals surface area contributed by atoms with Crippen molar-refractivity contribution in [2.45, 2.75) is 31.7 Å². The lowest BCUT2D eigenvalue weighted by atomic mass is 10.2.